The predicted molar refractivity (Wildman–Crippen MR) is 101 cm³/mol. The summed E-state index contributed by atoms with van der Waals surface area (Å²) < 4.78 is 13.6. The number of rotatable bonds is 4. The van der Waals surface area contributed by atoms with E-state index in [-0.39, 0.29) is 23.7 Å². The molecule has 0 aliphatic carbocycles. The molecule has 0 bridgehead atoms. The summed E-state index contributed by atoms with van der Waals surface area (Å²) in [5, 5.41) is 0. The van der Waals surface area contributed by atoms with Crippen molar-refractivity contribution in [2.45, 2.75) is 31.2 Å². The molecule has 0 spiro atoms. The van der Waals surface area contributed by atoms with Crippen molar-refractivity contribution >= 4 is 5.91 Å². The first-order valence-corrected chi connectivity index (χ1v) is 9.61. The standard InChI is InChI=1S/C21H25FN4O/c22-18-5-1-4-17(12-18)19-14-24-25-21(19)16-6-9-26(10-7-16)20(27)11-15-3-2-8-23-13-15/h1-5,8,12-13,16,19,21,24-25H,6-7,9-11,14H2. The number of carbonyl (C=O) groups is 1. The molecule has 6 heteroatoms. The molecule has 2 aliphatic heterocycles. The summed E-state index contributed by atoms with van der Waals surface area (Å²) in [4.78, 5) is 18.6. The monoisotopic (exact) mass is 368 g/mol. The van der Waals surface area contributed by atoms with Gasteiger partial charge in [0.05, 0.1) is 6.42 Å². The minimum atomic E-state index is -0.186. The van der Waals surface area contributed by atoms with E-state index in [9.17, 15) is 9.18 Å². The van der Waals surface area contributed by atoms with Gasteiger partial charge in [0, 0.05) is 44.0 Å². The average Bonchev–Trinajstić information content (AvgIpc) is 3.19. The van der Waals surface area contributed by atoms with Gasteiger partial charge in [-0.15, -0.1) is 0 Å². The van der Waals surface area contributed by atoms with E-state index in [0.29, 0.717) is 12.3 Å². The zero-order valence-electron chi connectivity index (χ0n) is 15.3. The first kappa shape index (κ1) is 18.1. The summed E-state index contributed by atoms with van der Waals surface area (Å²) in [6.45, 7) is 2.35. The van der Waals surface area contributed by atoms with Crippen molar-refractivity contribution in [1.29, 1.82) is 0 Å². The van der Waals surface area contributed by atoms with Gasteiger partial charge in [0.1, 0.15) is 5.82 Å². The van der Waals surface area contributed by atoms with Gasteiger partial charge in [0.15, 0.2) is 0 Å². The van der Waals surface area contributed by atoms with E-state index in [0.717, 1.165) is 43.6 Å². The van der Waals surface area contributed by atoms with E-state index in [1.54, 1.807) is 24.5 Å². The van der Waals surface area contributed by atoms with E-state index in [4.69, 9.17) is 0 Å². The maximum atomic E-state index is 13.6. The highest BCUT2D eigenvalue weighted by molar-refractivity contribution is 5.78. The highest BCUT2D eigenvalue weighted by atomic mass is 19.1. The maximum Gasteiger partial charge on any atom is 0.227 e. The molecule has 2 fully saturated rings. The van der Waals surface area contributed by atoms with Crippen molar-refractivity contribution < 1.29 is 9.18 Å². The Hall–Kier alpha value is -2.31. The number of amides is 1. The molecule has 2 aliphatic rings. The van der Waals surface area contributed by atoms with E-state index < -0.39 is 0 Å². The summed E-state index contributed by atoms with van der Waals surface area (Å²) >= 11 is 0. The zero-order chi connectivity index (χ0) is 18.6. The molecule has 2 atom stereocenters. The summed E-state index contributed by atoms with van der Waals surface area (Å²) in [5.41, 5.74) is 8.63. The lowest BCUT2D eigenvalue weighted by Gasteiger charge is -2.36. The highest BCUT2D eigenvalue weighted by Crippen LogP contribution is 2.32. The van der Waals surface area contributed by atoms with Crippen LogP contribution >= 0.6 is 0 Å². The van der Waals surface area contributed by atoms with Crippen LogP contribution in [0.15, 0.2) is 48.8 Å². The maximum absolute atomic E-state index is 13.6. The fourth-order valence-electron chi connectivity index (χ4n) is 4.32. The number of benzene rings is 1. The molecule has 5 nitrogen and oxygen atoms in total. The fraction of sp³-hybridized carbons (Fsp3) is 0.429. The zero-order valence-corrected chi connectivity index (χ0v) is 15.3. The third-order valence-corrected chi connectivity index (χ3v) is 5.78. The smallest absolute Gasteiger partial charge is 0.227 e. The molecule has 4 rings (SSSR count). The minimum absolute atomic E-state index is 0.167. The molecule has 2 aromatic rings. The van der Waals surface area contributed by atoms with Crippen LogP contribution in [0.3, 0.4) is 0 Å². The second kappa shape index (κ2) is 8.15. The van der Waals surface area contributed by atoms with Gasteiger partial charge in [-0.2, -0.15) is 0 Å². The van der Waals surface area contributed by atoms with Crippen LogP contribution in [0.4, 0.5) is 4.39 Å². The lowest BCUT2D eigenvalue weighted by atomic mass is 9.80. The number of hydrazine groups is 1. The predicted octanol–water partition coefficient (Wildman–Crippen LogP) is 2.26. The molecule has 0 saturated carbocycles. The van der Waals surface area contributed by atoms with Gasteiger partial charge in [0.25, 0.3) is 0 Å². The van der Waals surface area contributed by atoms with Crippen molar-refractivity contribution in [3.05, 3.63) is 65.7 Å². The lowest BCUT2D eigenvalue weighted by molar-refractivity contribution is -0.132. The summed E-state index contributed by atoms with van der Waals surface area (Å²) in [7, 11) is 0. The number of carbonyl (C=O) groups excluding carboxylic acids is 1. The number of pyridine rings is 1. The molecule has 1 aromatic carbocycles. The fourth-order valence-corrected chi connectivity index (χ4v) is 4.32. The van der Waals surface area contributed by atoms with Crippen molar-refractivity contribution in [2.75, 3.05) is 19.6 Å². The SMILES string of the molecule is O=C(Cc1cccnc1)N1CCC(C2NNCC2c2cccc(F)c2)CC1. The summed E-state index contributed by atoms with van der Waals surface area (Å²) in [5.74, 6) is 0.702. The number of hydrogen-bond donors (Lipinski definition) is 2. The molecule has 2 unspecified atom stereocenters. The summed E-state index contributed by atoms with van der Waals surface area (Å²) in [6.07, 6.45) is 5.81. The van der Waals surface area contributed by atoms with Crippen LogP contribution in [0.25, 0.3) is 0 Å². The number of likely N-dealkylation sites (tertiary alicyclic amines) is 1. The third kappa shape index (κ3) is 4.17. The largest absolute Gasteiger partial charge is 0.342 e. The topological polar surface area (TPSA) is 57.3 Å². The number of nitrogens with zero attached hydrogens (tertiary/aromatic N) is 2. The van der Waals surface area contributed by atoms with Gasteiger partial charge in [0.2, 0.25) is 5.91 Å². The van der Waals surface area contributed by atoms with Crippen molar-refractivity contribution in [1.82, 2.24) is 20.7 Å². The molecule has 2 saturated heterocycles. The Morgan fingerprint density at radius 1 is 1.22 bits per heavy atom. The van der Waals surface area contributed by atoms with E-state index >= 15 is 0 Å². The molecular formula is C21H25FN4O. The Labute approximate surface area is 159 Å². The Balaban J connectivity index is 1.35. The lowest BCUT2D eigenvalue weighted by Crippen LogP contribution is -2.46. The molecular weight excluding hydrogens is 343 g/mol. The molecule has 2 N–H and O–H groups in total. The number of nitrogens with one attached hydrogen (secondary N) is 2. The van der Waals surface area contributed by atoms with E-state index in [2.05, 4.69) is 15.8 Å². The quantitative estimate of drug-likeness (QED) is 0.869. The Kier molecular flexibility index (Phi) is 5.45. The van der Waals surface area contributed by atoms with Crippen molar-refractivity contribution in [2.24, 2.45) is 5.92 Å². The van der Waals surface area contributed by atoms with E-state index in [1.807, 2.05) is 23.1 Å². The Morgan fingerprint density at radius 3 is 2.81 bits per heavy atom. The van der Waals surface area contributed by atoms with Crippen LogP contribution in [-0.2, 0) is 11.2 Å². The molecule has 3 heterocycles. The van der Waals surface area contributed by atoms with Crippen LogP contribution in [-0.4, -0.2) is 41.5 Å². The molecule has 1 aromatic heterocycles. The Morgan fingerprint density at radius 2 is 2.07 bits per heavy atom. The number of aromatic nitrogens is 1. The van der Waals surface area contributed by atoms with Crippen LogP contribution in [0.1, 0.15) is 29.9 Å². The second-order valence-electron chi connectivity index (χ2n) is 7.47. The first-order valence-electron chi connectivity index (χ1n) is 9.61. The number of halogens is 1. The molecule has 27 heavy (non-hydrogen) atoms. The normalized spacial score (nSPS) is 23.5. The van der Waals surface area contributed by atoms with Crippen molar-refractivity contribution in [3.8, 4) is 0 Å². The van der Waals surface area contributed by atoms with Gasteiger partial charge in [-0.05, 0) is 48.1 Å². The second-order valence-corrected chi connectivity index (χ2v) is 7.47. The van der Waals surface area contributed by atoms with Gasteiger partial charge < -0.3 is 4.90 Å². The van der Waals surface area contributed by atoms with Crippen LogP contribution in [0, 0.1) is 11.7 Å². The average molecular weight is 368 g/mol. The molecule has 0 radical (unpaired) electrons. The number of hydrogen-bond acceptors (Lipinski definition) is 4. The number of piperidine rings is 1. The molecule has 1 amide bonds. The van der Waals surface area contributed by atoms with Crippen LogP contribution in [0.2, 0.25) is 0 Å². The third-order valence-electron chi connectivity index (χ3n) is 5.78. The highest BCUT2D eigenvalue weighted by Gasteiger charge is 2.36. The van der Waals surface area contributed by atoms with Gasteiger partial charge in [-0.1, -0.05) is 18.2 Å². The van der Waals surface area contributed by atoms with Crippen molar-refractivity contribution in [3.63, 3.8) is 0 Å². The van der Waals surface area contributed by atoms with Gasteiger partial charge in [-0.3, -0.25) is 20.6 Å². The Bertz CT molecular complexity index is 777. The van der Waals surface area contributed by atoms with Gasteiger partial charge in [-0.25, -0.2) is 4.39 Å². The van der Waals surface area contributed by atoms with Gasteiger partial charge >= 0.3 is 0 Å². The molecule has 142 valence electrons. The van der Waals surface area contributed by atoms with E-state index in [1.165, 1.54) is 6.07 Å². The van der Waals surface area contributed by atoms with Crippen LogP contribution < -0.4 is 10.9 Å². The first-order chi connectivity index (χ1) is 13.2. The summed E-state index contributed by atoms with van der Waals surface area (Å²) in [6, 6.07) is 11.0. The van der Waals surface area contributed by atoms with Crippen LogP contribution in [0.5, 0.6) is 0 Å². The minimum Gasteiger partial charge on any atom is -0.342 e.